The highest BCUT2D eigenvalue weighted by molar-refractivity contribution is 5.87. The van der Waals surface area contributed by atoms with Crippen LogP contribution in [0.1, 0.15) is 32.1 Å². The number of carboxylic acid groups (broad SMARTS) is 1. The van der Waals surface area contributed by atoms with E-state index in [1.807, 2.05) is 6.08 Å². The van der Waals surface area contributed by atoms with Crippen molar-refractivity contribution in [1.82, 2.24) is 0 Å². The van der Waals surface area contributed by atoms with Crippen molar-refractivity contribution in [1.29, 1.82) is 0 Å². The molecule has 5 heteroatoms. The highest BCUT2D eigenvalue weighted by atomic mass is 16.6. The summed E-state index contributed by atoms with van der Waals surface area (Å²) >= 11 is 0. The fourth-order valence-corrected chi connectivity index (χ4v) is 1.60. The van der Waals surface area contributed by atoms with Gasteiger partial charge in [-0.05, 0) is 25.3 Å². The molecule has 0 aromatic rings. The van der Waals surface area contributed by atoms with Gasteiger partial charge >= 0.3 is 11.9 Å². The molecular formula is C13H16O5. The van der Waals surface area contributed by atoms with Crippen LogP contribution in [0.25, 0.3) is 0 Å². The van der Waals surface area contributed by atoms with Gasteiger partial charge in [0.15, 0.2) is 0 Å². The Kier molecular flexibility index (Phi) is 4.15. The van der Waals surface area contributed by atoms with Crippen LogP contribution in [0.3, 0.4) is 0 Å². The van der Waals surface area contributed by atoms with Gasteiger partial charge in [-0.3, -0.25) is 4.79 Å². The van der Waals surface area contributed by atoms with Crippen molar-refractivity contribution in [2.45, 2.75) is 38.2 Å². The van der Waals surface area contributed by atoms with Gasteiger partial charge in [0, 0.05) is 12.0 Å². The van der Waals surface area contributed by atoms with Crippen molar-refractivity contribution in [2.24, 2.45) is 0 Å². The van der Waals surface area contributed by atoms with Crippen molar-refractivity contribution in [2.75, 3.05) is 6.61 Å². The summed E-state index contributed by atoms with van der Waals surface area (Å²) in [5.74, 6) is -0.690. The smallest absolute Gasteiger partial charge is 0.331 e. The summed E-state index contributed by atoms with van der Waals surface area (Å²) in [5, 5.41) is 8.99. The quantitative estimate of drug-likeness (QED) is 0.424. The summed E-state index contributed by atoms with van der Waals surface area (Å²) in [7, 11) is 0. The van der Waals surface area contributed by atoms with E-state index in [9.17, 15) is 9.59 Å². The monoisotopic (exact) mass is 252 g/mol. The Labute approximate surface area is 105 Å². The molecule has 0 aromatic heterocycles. The highest BCUT2D eigenvalue weighted by Crippen LogP contribution is 2.21. The number of aliphatic carboxylic acids is 1. The van der Waals surface area contributed by atoms with Gasteiger partial charge in [-0.2, -0.15) is 0 Å². The number of rotatable bonds is 7. The first kappa shape index (κ1) is 12.8. The van der Waals surface area contributed by atoms with Gasteiger partial charge in [-0.15, -0.1) is 0 Å². The molecule has 1 saturated heterocycles. The van der Waals surface area contributed by atoms with Crippen LogP contribution in [-0.2, 0) is 19.1 Å². The molecule has 0 saturated carbocycles. The zero-order valence-electron chi connectivity index (χ0n) is 10.1. The summed E-state index contributed by atoms with van der Waals surface area (Å²) in [5.41, 5.74) is 0.255. The molecule has 0 radical (unpaired) electrons. The molecule has 1 atom stereocenters. The second-order valence-electron chi connectivity index (χ2n) is 4.42. The maximum Gasteiger partial charge on any atom is 0.331 e. The third-order valence-corrected chi connectivity index (χ3v) is 2.94. The molecule has 1 heterocycles. The number of carbonyl (C=O) groups is 2. The van der Waals surface area contributed by atoms with Gasteiger partial charge in [0.05, 0.1) is 19.1 Å². The van der Waals surface area contributed by atoms with Crippen molar-refractivity contribution in [3.8, 4) is 0 Å². The molecule has 1 fully saturated rings. The van der Waals surface area contributed by atoms with Gasteiger partial charge < -0.3 is 14.6 Å². The number of esters is 1. The number of allylic oxidation sites excluding steroid dienone is 2. The van der Waals surface area contributed by atoms with Crippen LogP contribution < -0.4 is 0 Å². The number of carboxylic acids is 1. The Morgan fingerprint density at radius 2 is 2.28 bits per heavy atom. The number of hydrogen-bond acceptors (Lipinski definition) is 4. The van der Waals surface area contributed by atoms with Crippen LogP contribution >= 0.6 is 0 Å². The molecule has 0 bridgehead atoms. The minimum absolute atomic E-state index is 0.00446. The number of hydrogen-bond donors (Lipinski definition) is 1. The third-order valence-electron chi connectivity index (χ3n) is 2.94. The lowest BCUT2D eigenvalue weighted by atomic mass is 10.1. The molecule has 1 N–H and O–H groups in total. The number of ether oxygens (including phenoxy) is 2. The van der Waals surface area contributed by atoms with Crippen LogP contribution in [0, 0.1) is 0 Å². The van der Waals surface area contributed by atoms with Gasteiger partial charge in [0.2, 0.25) is 0 Å². The van der Waals surface area contributed by atoms with Crippen LogP contribution in [0.15, 0.2) is 23.5 Å². The first-order chi connectivity index (χ1) is 8.65. The summed E-state index contributed by atoms with van der Waals surface area (Å²) < 4.78 is 10.0. The molecule has 2 rings (SSSR count). The largest absolute Gasteiger partial charge is 0.478 e. The van der Waals surface area contributed by atoms with Crippen molar-refractivity contribution < 1.29 is 24.2 Å². The van der Waals surface area contributed by atoms with Crippen LogP contribution in [0.2, 0.25) is 0 Å². The number of carbonyl (C=O) groups excluding carboxylic acids is 1. The van der Waals surface area contributed by atoms with Crippen LogP contribution in [0.4, 0.5) is 0 Å². The molecule has 1 unspecified atom stereocenters. The SMILES string of the molecule is O=C(CC=C(CCC1CO1)C(=O)O)OC1=CCC1. The Morgan fingerprint density at radius 3 is 2.78 bits per heavy atom. The molecule has 18 heavy (non-hydrogen) atoms. The Bertz CT molecular complexity index is 404. The maximum atomic E-state index is 11.4. The van der Waals surface area contributed by atoms with Gasteiger partial charge in [0.25, 0.3) is 0 Å². The summed E-state index contributed by atoms with van der Waals surface area (Å²) in [6.45, 7) is 0.711. The third kappa shape index (κ3) is 4.00. The molecular weight excluding hydrogens is 236 g/mol. The predicted molar refractivity (Wildman–Crippen MR) is 62.7 cm³/mol. The van der Waals surface area contributed by atoms with E-state index in [0.29, 0.717) is 25.2 Å². The minimum Gasteiger partial charge on any atom is -0.478 e. The topological polar surface area (TPSA) is 76.1 Å². The molecule has 1 aliphatic heterocycles. The fraction of sp³-hybridized carbons (Fsp3) is 0.538. The van der Waals surface area contributed by atoms with Crippen molar-refractivity contribution >= 4 is 11.9 Å². The lowest BCUT2D eigenvalue weighted by molar-refractivity contribution is -0.139. The van der Waals surface area contributed by atoms with E-state index >= 15 is 0 Å². The van der Waals surface area contributed by atoms with E-state index in [1.54, 1.807) is 0 Å². The first-order valence-electron chi connectivity index (χ1n) is 6.09. The Morgan fingerprint density at radius 1 is 1.56 bits per heavy atom. The van der Waals surface area contributed by atoms with Crippen molar-refractivity contribution in [3.63, 3.8) is 0 Å². The molecule has 0 amide bonds. The summed E-state index contributed by atoms with van der Waals surface area (Å²) in [4.78, 5) is 22.4. The summed E-state index contributed by atoms with van der Waals surface area (Å²) in [6.07, 6.45) is 6.34. The lowest BCUT2D eigenvalue weighted by Gasteiger charge is -2.13. The van der Waals surface area contributed by atoms with Crippen LogP contribution in [-0.4, -0.2) is 29.8 Å². The average Bonchev–Trinajstić information content (AvgIpc) is 3.06. The zero-order chi connectivity index (χ0) is 13.0. The van der Waals surface area contributed by atoms with E-state index in [4.69, 9.17) is 14.6 Å². The molecule has 1 aliphatic carbocycles. The minimum atomic E-state index is -0.980. The van der Waals surface area contributed by atoms with Crippen LogP contribution in [0.5, 0.6) is 0 Å². The summed E-state index contributed by atoms with van der Waals surface area (Å²) in [6, 6.07) is 0. The van der Waals surface area contributed by atoms with E-state index in [2.05, 4.69) is 0 Å². The molecule has 5 nitrogen and oxygen atoms in total. The Hall–Kier alpha value is -1.62. The lowest BCUT2D eigenvalue weighted by Crippen LogP contribution is -2.08. The first-order valence-corrected chi connectivity index (χ1v) is 6.09. The van der Waals surface area contributed by atoms with Gasteiger partial charge in [-0.25, -0.2) is 4.79 Å². The van der Waals surface area contributed by atoms with Crippen molar-refractivity contribution in [3.05, 3.63) is 23.5 Å². The highest BCUT2D eigenvalue weighted by Gasteiger charge is 2.23. The second kappa shape index (κ2) is 5.82. The Balaban J connectivity index is 1.78. The van der Waals surface area contributed by atoms with E-state index in [-0.39, 0.29) is 18.1 Å². The predicted octanol–water partition coefficient (Wildman–Crippen LogP) is 1.79. The molecule has 0 spiro atoms. The number of epoxide rings is 1. The second-order valence-corrected chi connectivity index (χ2v) is 4.42. The normalized spacial score (nSPS) is 21.9. The average molecular weight is 252 g/mol. The van der Waals surface area contributed by atoms with E-state index < -0.39 is 11.9 Å². The zero-order valence-corrected chi connectivity index (χ0v) is 10.1. The maximum absolute atomic E-state index is 11.4. The van der Waals surface area contributed by atoms with E-state index in [1.165, 1.54) is 6.08 Å². The molecule has 0 aromatic carbocycles. The van der Waals surface area contributed by atoms with E-state index in [0.717, 1.165) is 12.8 Å². The molecule has 98 valence electrons. The fourth-order valence-electron chi connectivity index (χ4n) is 1.60. The molecule has 2 aliphatic rings. The van der Waals surface area contributed by atoms with Gasteiger partial charge in [0.1, 0.15) is 5.76 Å². The van der Waals surface area contributed by atoms with Gasteiger partial charge in [-0.1, -0.05) is 6.08 Å². The standard InChI is InChI=1S/C13H16O5/c14-12(18-10-2-1-3-10)7-5-9(13(15)16)4-6-11-8-17-11/h2,5,11H,1,3-4,6-8H2,(H,15,16).